The molecule has 1 amide bonds. The summed E-state index contributed by atoms with van der Waals surface area (Å²) in [5, 5.41) is 0.851. The van der Waals surface area contributed by atoms with E-state index in [0.717, 1.165) is 22.2 Å². The molecule has 0 spiro atoms. The lowest BCUT2D eigenvalue weighted by molar-refractivity contribution is 0.0955. The summed E-state index contributed by atoms with van der Waals surface area (Å²) >= 11 is 0. The molecule has 4 heteroatoms. The first kappa shape index (κ1) is 14.5. The highest BCUT2D eigenvalue weighted by molar-refractivity contribution is 6.06. The molecule has 0 aliphatic heterocycles. The molecule has 1 heterocycles. The third-order valence-electron chi connectivity index (χ3n) is 3.48. The molecule has 4 nitrogen and oxygen atoms in total. The first-order valence-corrected chi connectivity index (χ1v) is 6.90. The molecule has 1 aromatic heterocycles. The van der Waals surface area contributed by atoms with Gasteiger partial charge in [0, 0.05) is 11.1 Å². The minimum absolute atomic E-state index is 0.254. The number of pyridine rings is 1. The molecule has 20 heavy (non-hydrogen) atoms. The number of benzene rings is 1. The molecule has 0 radical (unpaired) electrons. The standard InChI is InChI=1S/C16H21N3O/c1-9(2)11-6-5-7-12-13(16(20)19-17)8-14(10(3)4)18-15(11)12/h5-10H,17H2,1-4H3,(H,19,20). The molecule has 2 aromatic rings. The van der Waals surface area contributed by atoms with Gasteiger partial charge in [0.1, 0.15) is 0 Å². The van der Waals surface area contributed by atoms with Crippen LogP contribution in [0.1, 0.15) is 61.1 Å². The van der Waals surface area contributed by atoms with Crippen LogP contribution in [0.5, 0.6) is 0 Å². The van der Waals surface area contributed by atoms with Crippen molar-refractivity contribution in [3.63, 3.8) is 0 Å². The molecule has 1 aromatic carbocycles. The second kappa shape index (κ2) is 5.59. The Morgan fingerprint density at radius 2 is 1.90 bits per heavy atom. The number of amides is 1. The fraction of sp³-hybridized carbons (Fsp3) is 0.375. The van der Waals surface area contributed by atoms with Gasteiger partial charge in [-0.15, -0.1) is 0 Å². The highest BCUT2D eigenvalue weighted by atomic mass is 16.2. The molecule has 2 rings (SSSR count). The average Bonchev–Trinajstić information content (AvgIpc) is 2.44. The van der Waals surface area contributed by atoms with E-state index in [1.54, 1.807) is 0 Å². The number of hydrazine groups is 1. The number of nitrogens with zero attached hydrogens (tertiary/aromatic N) is 1. The van der Waals surface area contributed by atoms with Gasteiger partial charge in [0.05, 0.1) is 11.1 Å². The Labute approximate surface area is 119 Å². The minimum Gasteiger partial charge on any atom is -0.290 e. The Balaban J connectivity index is 2.84. The summed E-state index contributed by atoms with van der Waals surface area (Å²) in [5.41, 5.74) is 5.76. The monoisotopic (exact) mass is 271 g/mol. The smallest absolute Gasteiger partial charge is 0.265 e. The van der Waals surface area contributed by atoms with Crippen LogP contribution in [-0.2, 0) is 0 Å². The SMILES string of the molecule is CC(C)c1cc(C(=O)NN)c2cccc(C(C)C)c2n1. The van der Waals surface area contributed by atoms with Gasteiger partial charge >= 0.3 is 0 Å². The third-order valence-corrected chi connectivity index (χ3v) is 3.48. The maximum atomic E-state index is 12.0. The van der Waals surface area contributed by atoms with Gasteiger partial charge in [0.15, 0.2) is 0 Å². The van der Waals surface area contributed by atoms with Gasteiger partial charge in [-0.25, -0.2) is 5.84 Å². The fourth-order valence-corrected chi connectivity index (χ4v) is 2.32. The molecule has 0 fully saturated rings. The molecule has 106 valence electrons. The molecule has 0 saturated carbocycles. The quantitative estimate of drug-likeness (QED) is 0.512. The van der Waals surface area contributed by atoms with Crippen molar-refractivity contribution in [1.82, 2.24) is 10.4 Å². The van der Waals surface area contributed by atoms with E-state index in [1.807, 2.05) is 18.2 Å². The maximum absolute atomic E-state index is 12.0. The topological polar surface area (TPSA) is 68.0 Å². The van der Waals surface area contributed by atoms with E-state index in [-0.39, 0.29) is 11.8 Å². The number of hydrogen-bond donors (Lipinski definition) is 2. The Bertz CT molecular complexity index is 647. The Morgan fingerprint density at radius 3 is 2.45 bits per heavy atom. The zero-order valence-corrected chi connectivity index (χ0v) is 12.4. The van der Waals surface area contributed by atoms with E-state index in [1.165, 1.54) is 0 Å². The maximum Gasteiger partial charge on any atom is 0.265 e. The second-order valence-corrected chi connectivity index (χ2v) is 5.62. The Kier molecular flexibility index (Phi) is 4.04. The molecule has 0 saturated heterocycles. The van der Waals surface area contributed by atoms with Gasteiger partial charge in [-0.2, -0.15) is 0 Å². The summed E-state index contributed by atoms with van der Waals surface area (Å²) in [7, 11) is 0. The predicted molar refractivity (Wildman–Crippen MR) is 81.6 cm³/mol. The molecule has 0 bridgehead atoms. The Morgan fingerprint density at radius 1 is 1.20 bits per heavy atom. The van der Waals surface area contributed by atoms with E-state index in [4.69, 9.17) is 10.8 Å². The normalized spacial score (nSPS) is 11.3. The molecule has 0 unspecified atom stereocenters. The molecule has 0 aliphatic carbocycles. The number of hydrogen-bond acceptors (Lipinski definition) is 3. The number of carbonyl (C=O) groups is 1. The molecular formula is C16H21N3O. The first-order chi connectivity index (χ1) is 9.45. The lowest BCUT2D eigenvalue weighted by atomic mass is 9.95. The number of nitrogen functional groups attached to an aromatic ring is 1. The van der Waals surface area contributed by atoms with Gasteiger partial charge < -0.3 is 0 Å². The zero-order valence-electron chi connectivity index (χ0n) is 12.4. The van der Waals surface area contributed by atoms with Gasteiger partial charge in [-0.05, 0) is 23.5 Å². The van der Waals surface area contributed by atoms with Gasteiger partial charge in [0.25, 0.3) is 5.91 Å². The van der Waals surface area contributed by atoms with Crippen molar-refractivity contribution < 1.29 is 4.79 Å². The van der Waals surface area contributed by atoms with Crippen LogP contribution in [0.25, 0.3) is 10.9 Å². The van der Waals surface area contributed by atoms with E-state index < -0.39 is 0 Å². The van der Waals surface area contributed by atoms with Crippen LogP contribution >= 0.6 is 0 Å². The van der Waals surface area contributed by atoms with Crippen LogP contribution in [0.4, 0.5) is 0 Å². The van der Waals surface area contributed by atoms with Gasteiger partial charge in [-0.1, -0.05) is 45.9 Å². The minimum atomic E-state index is -0.278. The number of para-hydroxylation sites is 1. The number of rotatable bonds is 3. The Hall–Kier alpha value is -1.94. The highest BCUT2D eigenvalue weighted by Crippen LogP contribution is 2.28. The van der Waals surface area contributed by atoms with Gasteiger partial charge in [-0.3, -0.25) is 15.2 Å². The summed E-state index contributed by atoms with van der Waals surface area (Å²) < 4.78 is 0. The van der Waals surface area contributed by atoms with Crippen LogP contribution in [0, 0.1) is 0 Å². The number of aromatic nitrogens is 1. The predicted octanol–water partition coefficient (Wildman–Crippen LogP) is 3.09. The van der Waals surface area contributed by atoms with E-state index >= 15 is 0 Å². The lowest BCUT2D eigenvalue weighted by Crippen LogP contribution is -2.30. The number of carbonyl (C=O) groups excluding carboxylic acids is 1. The van der Waals surface area contributed by atoms with Crippen molar-refractivity contribution in [2.24, 2.45) is 5.84 Å². The lowest BCUT2D eigenvalue weighted by Gasteiger charge is -2.15. The second-order valence-electron chi connectivity index (χ2n) is 5.62. The van der Waals surface area contributed by atoms with Crippen molar-refractivity contribution in [3.8, 4) is 0 Å². The molecular weight excluding hydrogens is 250 g/mol. The van der Waals surface area contributed by atoms with Crippen molar-refractivity contribution in [2.45, 2.75) is 39.5 Å². The summed E-state index contributed by atoms with van der Waals surface area (Å²) in [6.07, 6.45) is 0. The fourth-order valence-electron chi connectivity index (χ4n) is 2.32. The molecule has 0 aliphatic rings. The highest BCUT2D eigenvalue weighted by Gasteiger charge is 2.16. The largest absolute Gasteiger partial charge is 0.290 e. The van der Waals surface area contributed by atoms with Crippen molar-refractivity contribution in [2.75, 3.05) is 0 Å². The zero-order chi connectivity index (χ0) is 14.9. The van der Waals surface area contributed by atoms with Crippen LogP contribution in [0.2, 0.25) is 0 Å². The van der Waals surface area contributed by atoms with E-state index in [0.29, 0.717) is 11.5 Å². The van der Waals surface area contributed by atoms with Crippen LogP contribution in [0.15, 0.2) is 24.3 Å². The number of fused-ring (bicyclic) bond motifs is 1. The van der Waals surface area contributed by atoms with Crippen molar-refractivity contribution in [3.05, 3.63) is 41.1 Å². The van der Waals surface area contributed by atoms with Crippen LogP contribution in [0.3, 0.4) is 0 Å². The van der Waals surface area contributed by atoms with Crippen molar-refractivity contribution >= 4 is 16.8 Å². The van der Waals surface area contributed by atoms with Crippen LogP contribution in [-0.4, -0.2) is 10.9 Å². The first-order valence-electron chi connectivity index (χ1n) is 6.90. The van der Waals surface area contributed by atoms with E-state index in [9.17, 15) is 4.79 Å². The van der Waals surface area contributed by atoms with Crippen LogP contribution < -0.4 is 11.3 Å². The number of nitrogens with two attached hydrogens (primary N) is 1. The average molecular weight is 271 g/mol. The summed E-state index contributed by atoms with van der Waals surface area (Å²) in [6.45, 7) is 8.38. The van der Waals surface area contributed by atoms with E-state index in [2.05, 4.69) is 39.2 Å². The third kappa shape index (κ3) is 2.51. The summed E-state index contributed by atoms with van der Waals surface area (Å²) in [6, 6.07) is 7.78. The summed E-state index contributed by atoms with van der Waals surface area (Å²) in [4.78, 5) is 16.8. The van der Waals surface area contributed by atoms with Crippen molar-refractivity contribution in [1.29, 1.82) is 0 Å². The number of nitrogens with one attached hydrogen (secondary N) is 1. The summed E-state index contributed by atoms with van der Waals surface area (Å²) in [5.74, 6) is 5.62. The van der Waals surface area contributed by atoms with Gasteiger partial charge in [0.2, 0.25) is 0 Å². The molecule has 0 atom stereocenters. The molecule has 3 N–H and O–H groups in total.